The molecule has 0 bridgehead atoms. The fourth-order valence-electron chi connectivity index (χ4n) is 3.63. The van der Waals surface area contributed by atoms with Gasteiger partial charge in [0.15, 0.2) is 0 Å². The lowest BCUT2D eigenvalue weighted by molar-refractivity contribution is -0.121. The Hall–Kier alpha value is -3.90. The van der Waals surface area contributed by atoms with Crippen molar-refractivity contribution in [1.29, 1.82) is 0 Å². The van der Waals surface area contributed by atoms with E-state index in [-0.39, 0.29) is 18.2 Å². The molecule has 6 nitrogen and oxygen atoms in total. The second-order valence-electron chi connectivity index (χ2n) is 7.85. The molecule has 2 amide bonds. The fourth-order valence-corrected chi connectivity index (χ4v) is 3.86. The number of hydrogen-bond donors (Lipinski definition) is 2. The number of para-hydroxylation sites is 1. The highest BCUT2D eigenvalue weighted by molar-refractivity contribution is 6.33. The van der Waals surface area contributed by atoms with Gasteiger partial charge in [-0.2, -0.15) is 5.10 Å². The summed E-state index contributed by atoms with van der Waals surface area (Å²) in [7, 11) is 0. The molecule has 1 heterocycles. The van der Waals surface area contributed by atoms with Crippen molar-refractivity contribution in [3.05, 3.63) is 119 Å². The van der Waals surface area contributed by atoms with E-state index in [4.69, 9.17) is 11.6 Å². The number of benzene rings is 3. The highest BCUT2D eigenvalue weighted by atomic mass is 35.5. The second kappa shape index (κ2) is 11.3. The van der Waals surface area contributed by atoms with Crippen LogP contribution in [0.5, 0.6) is 0 Å². The average Bonchev–Trinajstić information content (AvgIpc) is 3.34. The first-order chi connectivity index (χ1) is 16.6. The lowest BCUT2D eigenvalue weighted by atomic mass is 10.0. The van der Waals surface area contributed by atoms with Gasteiger partial charge < -0.3 is 10.6 Å². The molecule has 2 N–H and O–H groups in total. The van der Waals surface area contributed by atoms with E-state index >= 15 is 0 Å². The Morgan fingerprint density at radius 2 is 1.59 bits per heavy atom. The lowest BCUT2D eigenvalue weighted by Crippen LogP contribution is -2.34. The van der Waals surface area contributed by atoms with Gasteiger partial charge in [0.25, 0.3) is 5.91 Å². The molecule has 0 radical (unpaired) electrons. The van der Waals surface area contributed by atoms with Gasteiger partial charge in [0.1, 0.15) is 0 Å². The fraction of sp³-hybridized carbons (Fsp3) is 0.148. The molecule has 0 saturated carbocycles. The first-order valence-corrected chi connectivity index (χ1v) is 11.4. The van der Waals surface area contributed by atoms with Crippen molar-refractivity contribution < 1.29 is 9.59 Å². The van der Waals surface area contributed by atoms with Crippen LogP contribution in [0.2, 0.25) is 5.02 Å². The number of halogens is 1. The second-order valence-corrected chi connectivity index (χ2v) is 8.26. The summed E-state index contributed by atoms with van der Waals surface area (Å²) >= 11 is 6.17. The predicted octanol–water partition coefficient (Wildman–Crippen LogP) is 4.75. The Bertz CT molecular complexity index is 1240. The van der Waals surface area contributed by atoms with Gasteiger partial charge >= 0.3 is 0 Å². The van der Waals surface area contributed by atoms with Gasteiger partial charge in [-0.15, -0.1) is 0 Å². The molecule has 0 aliphatic carbocycles. The molecule has 7 heteroatoms. The minimum absolute atomic E-state index is 0.115. The van der Waals surface area contributed by atoms with E-state index in [1.54, 1.807) is 30.5 Å². The lowest BCUT2D eigenvalue weighted by Gasteiger charge is -2.19. The van der Waals surface area contributed by atoms with Crippen molar-refractivity contribution in [2.45, 2.75) is 18.9 Å². The Balaban J connectivity index is 1.35. The van der Waals surface area contributed by atoms with Crippen LogP contribution in [0.1, 0.15) is 33.9 Å². The van der Waals surface area contributed by atoms with Crippen molar-refractivity contribution in [3.63, 3.8) is 0 Å². The average molecular weight is 473 g/mol. The molecule has 0 saturated heterocycles. The van der Waals surface area contributed by atoms with Crippen LogP contribution in [-0.4, -0.2) is 28.1 Å². The standard InChI is InChI=1S/C27H25ClN4O2/c28-24-14-8-7-13-23(24)27(34)31-25(21-9-3-1-4-10-21)17-26(33)29-16-15-20-18-30-32(19-20)22-11-5-2-6-12-22/h1-14,18-19,25H,15-17H2,(H,29,33)(H,31,34). The van der Waals surface area contributed by atoms with Gasteiger partial charge in [-0.25, -0.2) is 4.68 Å². The molecule has 1 unspecified atom stereocenters. The van der Waals surface area contributed by atoms with E-state index in [0.29, 0.717) is 23.6 Å². The number of amides is 2. The molecule has 1 aromatic heterocycles. The van der Waals surface area contributed by atoms with Gasteiger partial charge in [0.05, 0.1) is 34.9 Å². The third kappa shape index (κ3) is 6.11. The maximum Gasteiger partial charge on any atom is 0.253 e. The summed E-state index contributed by atoms with van der Waals surface area (Å²) < 4.78 is 1.81. The van der Waals surface area contributed by atoms with Gasteiger partial charge in [-0.05, 0) is 41.8 Å². The molecule has 4 rings (SSSR count). The van der Waals surface area contributed by atoms with Crippen molar-refractivity contribution in [2.75, 3.05) is 6.54 Å². The van der Waals surface area contributed by atoms with Crippen molar-refractivity contribution in [3.8, 4) is 5.69 Å². The monoisotopic (exact) mass is 472 g/mol. The number of aromatic nitrogens is 2. The van der Waals surface area contributed by atoms with E-state index in [1.807, 2.05) is 71.5 Å². The molecule has 172 valence electrons. The van der Waals surface area contributed by atoms with Gasteiger partial charge in [-0.1, -0.05) is 72.3 Å². The maximum atomic E-state index is 12.8. The third-order valence-corrected chi connectivity index (χ3v) is 5.74. The molecule has 0 fully saturated rings. The Labute approximate surface area is 203 Å². The summed E-state index contributed by atoms with van der Waals surface area (Å²) in [6, 6.07) is 25.7. The number of hydrogen-bond acceptors (Lipinski definition) is 3. The van der Waals surface area contributed by atoms with Gasteiger partial charge in [0, 0.05) is 12.7 Å². The molecular weight excluding hydrogens is 448 g/mol. The smallest absolute Gasteiger partial charge is 0.253 e. The van der Waals surface area contributed by atoms with Crippen LogP contribution in [0.4, 0.5) is 0 Å². The van der Waals surface area contributed by atoms with Gasteiger partial charge in [0.2, 0.25) is 5.91 Å². The van der Waals surface area contributed by atoms with E-state index in [9.17, 15) is 9.59 Å². The van der Waals surface area contributed by atoms with Crippen LogP contribution in [0.25, 0.3) is 5.69 Å². The van der Waals surface area contributed by atoms with Crippen LogP contribution in [-0.2, 0) is 11.2 Å². The third-order valence-electron chi connectivity index (χ3n) is 5.41. The number of rotatable bonds is 9. The summed E-state index contributed by atoms with van der Waals surface area (Å²) in [6.45, 7) is 0.472. The summed E-state index contributed by atoms with van der Waals surface area (Å²) in [6.07, 6.45) is 4.53. The molecule has 3 aromatic carbocycles. The molecule has 34 heavy (non-hydrogen) atoms. The van der Waals surface area contributed by atoms with Crippen molar-refractivity contribution in [1.82, 2.24) is 20.4 Å². The van der Waals surface area contributed by atoms with Crippen LogP contribution in [0.15, 0.2) is 97.3 Å². The zero-order valence-electron chi connectivity index (χ0n) is 18.5. The Kier molecular flexibility index (Phi) is 7.73. The molecule has 4 aromatic rings. The van der Waals surface area contributed by atoms with E-state index in [0.717, 1.165) is 16.8 Å². The molecular formula is C27H25ClN4O2. The highest BCUT2D eigenvalue weighted by Gasteiger charge is 2.20. The van der Waals surface area contributed by atoms with E-state index in [2.05, 4.69) is 15.7 Å². The largest absolute Gasteiger partial charge is 0.356 e. The van der Waals surface area contributed by atoms with Crippen molar-refractivity contribution in [2.24, 2.45) is 0 Å². The SMILES string of the molecule is O=C(CC(NC(=O)c1ccccc1Cl)c1ccccc1)NCCc1cnn(-c2ccccc2)c1. The highest BCUT2D eigenvalue weighted by Crippen LogP contribution is 2.20. The molecule has 1 atom stereocenters. The summed E-state index contributed by atoms with van der Waals surface area (Å²) in [5.41, 5.74) is 3.23. The number of nitrogens with zero attached hydrogens (tertiary/aromatic N) is 2. The number of carbonyl (C=O) groups excluding carboxylic acids is 2. The Morgan fingerprint density at radius 1 is 0.912 bits per heavy atom. The minimum Gasteiger partial charge on any atom is -0.356 e. The zero-order valence-corrected chi connectivity index (χ0v) is 19.3. The van der Waals surface area contributed by atoms with Crippen LogP contribution >= 0.6 is 11.6 Å². The maximum absolute atomic E-state index is 12.8. The van der Waals surface area contributed by atoms with E-state index in [1.165, 1.54) is 0 Å². The number of nitrogens with one attached hydrogen (secondary N) is 2. The zero-order chi connectivity index (χ0) is 23.8. The summed E-state index contributed by atoms with van der Waals surface area (Å²) in [4.78, 5) is 25.5. The quantitative estimate of drug-likeness (QED) is 0.369. The molecule has 0 aliphatic rings. The Morgan fingerprint density at radius 3 is 2.32 bits per heavy atom. The van der Waals surface area contributed by atoms with Crippen LogP contribution in [0, 0.1) is 0 Å². The predicted molar refractivity (Wildman–Crippen MR) is 133 cm³/mol. The summed E-state index contributed by atoms with van der Waals surface area (Å²) in [5.74, 6) is -0.468. The first kappa shape index (κ1) is 23.3. The topological polar surface area (TPSA) is 76.0 Å². The van der Waals surface area contributed by atoms with Crippen LogP contribution in [0.3, 0.4) is 0 Å². The van der Waals surface area contributed by atoms with Crippen molar-refractivity contribution >= 4 is 23.4 Å². The normalized spacial score (nSPS) is 11.6. The van der Waals surface area contributed by atoms with Crippen LogP contribution < -0.4 is 10.6 Å². The number of carbonyl (C=O) groups is 2. The van der Waals surface area contributed by atoms with Gasteiger partial charge in [-0.3, -0.25) is 9.59 Å². The molecule has 0 aliphatic heterocycles. The molecule has 0 spiro atoms. The van der Waals surface area contributed by atoms with E-state index < -0.39 is 6.04 Å². The minimum atomic E-state index is -0.481. The first-order valence-electron chi connectivity index (χ1n) is 11.1. The summed E-state index contributed by atoms with van der Waals surface area (Å²) in [5, 5.41) is 10.7.